The van der Waals surface area contributed by atoms with E-state index < -0.39 is 0 Å². The Morgan fingerprint density at radius 2 is 1.82 bits per heavy atom. The maximum Gasteiger partial charge on any atom is 0.149 e. The molecule has 0 aliphatic rings. The van der Waals surface area contributed by atoms with Gasteiger partial charge in [0.1, 0.15) is 5.82 Å². The number of aromatic nitrogens is 1. The minimum atomic E-state index is 0.636. The van der Waals surface area contributed by atoms with Crippen molar-refractivity contribution >= 4 is 11.5 Å². The number of anilines is 2. The van der Waals surface area contributed by atoms with E-state index in [1.54, 1.807) is 6.20 Å². The van der Waals surface area contributed by atoms with Crippen LogP contribution in [0.15, 0.2) is 12.3 Å². The number of hydrogen-bond donors (Lipinski definition) is 2. The van der Waals surface area contributed by atoms with Gasteiger partial charge in [-0.3, -0.25) is 0 Å². The van der Waals surface area contributed by atoms with Crippen LogP contribution in [-0.4, -0.2) is 11.5 Å². The average molecular weight is 235 g/mol. The number of nitrogen functional groups attached to an aromatic ring is 1. The van der Waals surface area contributed by atoms with Gasteiger partial charge in [0.2, 0.25) is 0 Å². The summed E-state index contributed by atoms with van der Waals surface area (Å²) < 4.78 is 0. The SMILES string of the molecule is Cc1ccnc(NCC(C(C)C)C(C)C)c1N. The first-order valence-electron chi connectivity index (χ1n) is 6.38. The van der Waals surface area contributed by atoms with Gasteiger partial charge in [0, 0.05) is 12.7 Å². The van der Waals surface area contributed by atoms with Crippen LogP contribution in [0.5, 0.6) is 0 Å². The van der Waals surface area contributed by atoms with E-state index in [0.717, 1.165) is 23.6 Å². The van der Waals surface area contributed by atoms with E-state index >= 15 is 0 Å². The lowest BCUT2D eigenvalue weighted by atomic mass is 9.85. The van der Waals surface area contributed by atoms with Crippen LogP contribution in [0.2, 0.25) is 0 Å². The zero-order valence-electron chi connectivity index (χ0n) is 11.6. The van der Waals surface area contributed by atoms with Gasteiger partial charge in [-0.05, 0) is 36.3 Å². The van der Waals surface area contributed by atoms with E-state index in [0.29, 0.717) is 17.8 Å². The molecule has 3 N–H and O–H groups in total. The molecule has 0 aromatic carbocycles. The number of nitrogens with two attached hydrogens (primary N) is 1. The predicted octanol–water partition coefficient (Wildman–Crippen LogP) is 3.31. The highest BCUT2D eigenvalue weighted by Crippen LogP contribution is 2.23. The van der Waals surface area contributed by atoms with Crippen LogP contribution in [0.3, 0.4) is 0 Å². The molecule has 1 aromatic heterocycles. The first-order valence-corrected chi connectivity index (χ1v) is 6.38. The molecular formula is C14H25N3. The summed E-state index contributed by atoms with van der Waals surface area (Å²) in [5, 5.41) is 3.38. The summed E-state index contributed by atoms with van der Waals surface area (Å²) in [4.78, 5) is 4.29. The van der Waals surface area contributed by atoms with Crippen molar-refractivity contribution in [3.63, 3.8) is 0 Å². The van der Waals surface area contributed by atoms with Crippen molar-refractivity contribution in [3.8, 4) is 0 Å². The van der Waals surface area contributed by atoms with E-state index in [1.807, 2.05) is 13.0 Å². The molecular weight excluding hydrogens is 210 g/mol. The highest BCUT2D eigenvalue weighted by molar-refractivity contribution is 5.64. The quantitative estimate of drug-likeness (QED) is 0.823. The number of nitrogens with one attached hydrogen (secondary N) is 1. The van der Waals surface area contributed by atoms with Gasteiger partial charge < -0.3 is 11.1 Å². The first kappa shape index (κ1) is 13.8. The number of pyridine rings is 1. The number of hydrogen-bond acceptors (Lipinski definition) is 3. The van der Waals surface area contributed by atoms with Crippen molar-refractivity contribution in [2.45, 2.75) is 34.6 Å². The highest BCUT2D eigenvalue weighted by atomic mass is 15.0. The summed E-state index contributed by atoms with van der Waals surface area (Å²) in [7, 11) is 0. The Kier molecular flexibility index (Phi) is 4.79. The van der Waals surface area contributed by atoms with Gasteiger partial charge in [0.25, 0.3) is 0 Å². The molecule has 0 spiro atoms. The minimum Gasteiger partial charge on any atom is -0.396 e. The third-order valence-electron chi connectivity index (χ3n) is 3.43. The number of aryl methyl sites for hydroxylation is 1. The van der Waals surface area contributed by atoms with Crippen molar-refractivity contribution < 1.29 is 0 Å². The fraction of sp³-hybridized carbons (Fsp3) is 0.643. The van der Waals surface area contributed by atoms with Crippen molar-refractivity contribution in [2.24, 2.45) is 17.8 Å². The molecule has 0 aliphatic carbocycles. The van der Waals surface area contributed by atoms with Crippen LogP contribution in [0.4, 0.5) is 11.5 Å². The molecule has 1 heterocycles. The van der Waals surface area contributed by atoms with Crippen molar-refractivity contribution in [1.29, 1.82) is 0 Å². The normalized spacial score (nSPS) is 11.5. The van der Waals surface area contributed by atoms with Gasteiger partial charge in [0.05, 0.1) is 5.69 Å². The molecule has 1 rings (SSSR count). The summed E-state index contributed by atoms with van der Waals surface area (Å²) >= 11 is 0. The monoisotopic (exact) mass is 235 g/mol. The fourth-order valence-corrected chi connectivity index (χ4v) is 2.17. The predicted molar refractivity (Wildman–Crippen MR) is 75.0 cm³/mol. The summed E-state index contributed by atoms with van der Waals surface area (Å²) in [6.45, 7) is 12.0. The second-order valence-electron chi connectivity index (χ2n) is 5.42. The number of rotatable bonds is 5. The lowest BCUT2D eigenvalue weighted by Gasteiger charge is -2.25. The van der Waals surface area contributed by atoms with Crippen molar-refractivity contribution in [2.75, 3.05) is 17.6 Å². The molecule has 0 saturated heterocycles. The van der Waals surface area contributed by atoms with E-state index in [9.17, 15) is 0 Å². The van der Waals surface area contributed by atoms with E-state index in [-0.39, 0.29) is 0 Å². The smallest absolute Gasteiger partial charge is 0.149 e. The standard InChI is InChI=1S/C14H25N3/c1-9(2)12(10(3)4)8-17-14-13(15)11(5)6-7-16-14/h6-7,9-10,12H,8,15H2,1-5H3,(H,16,17). The molecule has 0 aliphatic heterocycles. The topological polar surface area (TPSA) is 50.9 Å². The van der Waals surface area contributed by atoms with Crippen LogP contribution in [0.1, 0.15) is 33.3 Å². The molecule has 0 atom stereocenters. The second kappa shape index (κ2) is 5.89. The summed E-state index contributed by atoms with van der Waals surface area (Å²) in [5.74, 6) is 2.77. The lowest BCUT2D eigenvalue weighted by molar-refractivity contribution is 0.304. The fourth-order valence-electron chi connectivity index (χ4n) is 2.17. The Balaban J connectivity index is 2.69. The van der Waals surface area contributed by atoms with Crippen LogP contribution in [0, 0.1) is 24.7 Å². The second-order valence-corrected chi connectivity index (χ2v) is 5.42. The maximum absolute atomic E-state index is 6.00. The molecule has 17 heavy (non-hydrogen) atoms. The number of nitrogens with zero attached hydrogens (tertiary/aromatic N) is 1. The van der Waals surface area contributed by atoms with Crippen LogP contribution in [-0.2, 0) is 0 Å². The van der Waals surface area contributed by atoms with Gasteiger partial charge in [-0.15, -0.1) is 0 Å². The molecule has 0 fully saturated rings. The van der Waals surface area contributed by atoms with Gasteiger partial charge in [0.15, 0.2) is 0 Å². The van der Waals surface area contributed by atoms with Gasteiger partial charge in [-0.1, -0.05) is 27.7 Å². The molecule has 0 radical (unpaired) electrons. The average Bonchev–Trinajstić information content (AvgIpc) is 2.23. The largest absolute Gasteiger partial charge is 0.396 e. The summed E-state index contributed by atoms with van der Waals surface area (Å²) in [5.41, 5.74) is 7.84. The van der Waals surface area contributed by atoms with E-state index in [1.165, 1.54) is 0 Å². The Labute approximate surface area is 105 Å². The highest BCUT2D eigenvalue weighted by Gasteiger charge is 2.17. The lowest BCUT2D eigenvalue weighted by Crippen LogP contribution is -2.25. The van der Waals surface area contributed by atoms with Gasteiger partial charge >= 0.3 is 0 Å². The Bertz CT molecular complexity index is 350. The molecule has 0 bridgehead atoms. The molecule has 0 saturated carbocycles. The summed E-state index contributed by atoms with van der Waals surface area (Å²) in [6, 6.07) is 1.93. The van der Waals surface area contributed by atoms with E-state index in [4.69, 9.17) is 5.73 Å². The zero-order chi connectivity index (χ0) is 13.0. The molecule has 3 nitrogen and oxygen atoms in total. The van der Waals surface area contributed by atoms with Crippen molar-refractivity contribution in [3.05, 3.63) is 17.8 Å². The molecule has 3 heteroatoms. The molecule has 1 aromatic rings. The third kappa shape index (κ3) is 3.62. The third-order valence-corrected chi connectivity index (χ3v) is 3.43. The zero-order valence-corrected chi connectivity index (χ0v) is 11.6. The molecule has 0 unspecified atom stereocenters. The first-order chi connectivity index (χ1) is 7.93. The van der Waals surface area contributed by atoms with Crippen molar-refractivity contribution in [1.82, 2.24) is 4.98 Å². The van der Waals surface area contributed by atoms with Crippen LogP contribution < -0.4 is 11.1 Å². The van der Waals surface area contributed by atoms with Gasteiger partial charge in [-0.2, -0.15) is 0 Å². The Hall–Kier alpha value is -1.25. The van der Waals surface area contributed by atoms with E-state index in [2.05, 4.69) is 38.0 Å². The maximum atomic E-state index is 6.00. The van der Waals surface area contributed by atoms with Crippen LogP contribution >= 0.6 is 0 Å². The van der Waals surface area contributed by atoms with Crippen LogP contribution in [0.25, 0.3) is 0 Å². The molecule has 96 valence electrons. The minimum absolute atomic E-state index is 0.636. The van der Waals surface area contributed by atoms with Gasteiger partial charge in [-0.25, -0.2) is 4.98 Å². The molecule has 0 amide bonds. The Morgan fingerprint density at radius 1 is 1.24 bits per heavy atom. The Morgan fingerprint density at radius 3 is 2.35 bits per heavy atom. The summed E-state index contributed by atoms with van der Waals surface area (Å²) in [6.07, 6.45) is 1.80.